The normalized spacial score (nSPS) is 12.6. The molecule has 0 saturated heterocycles. The van der Waals surface area contributed by atoms with Gasteiger partial charge < -0.3 is 10.1 Å². The van der Waals surface area contributed by atoms with Crippen molar-refractivity contribution in [3.63, 3.8) is 0 Å². The van der Waals surface area contributed by atoms with E-state index in [2.05, 4.69) is 42.6 Å². The molecule has 0 aliphatic heterocycles. The molecule has 1 unspecified atom stereocenters. The molecule has 0 spiro atoms. The zero-order chi connectivity index (χ0) is 12.3. The maximum atomic E-state index is 5.46. The van der Waals surface area contributed by atoms with Gasteiger partial charge in [0.05, 0.1) is 6.10 Å². The van der Waals surface area contributed by atoms with Crippen LogP contribution in [0.5, 0.6) is 0 Å². The van der Waals surface area contributed by atoms with Gasteiger partial charge in [-0.15, -0.1) is 0 Å². The van der Waals surface area contributed by atoms with Crippen LogP contribution in [0.1, 0.15) is 32.3 Å². The minimum Gasteiger partial charge on any atom is -0.377 e. The van der Waals surface area contributed by atoms with Crippen LogP contribution in [0.3, 0.4) is 0 Å². The summed E-state index contributed by atoms with van der Waals surface area (Å²) in [7, 11) is 0. The van der Waals surface area contributed by atoms with E-state index in [1.807, 2.05) is 6.92 Å². The lowest BCUT2D eigenvalue weighted by atomic mass is 10.1. The molecule has 1 N–H and O–H groups in total. The summed E-state index contributed by atoms with van der Waals surface area (Å²) in [5, 5.41) is 3.43. The molecule has 0 aliphatic rings. The van der Waals surface area contributed by atoms with E-state index >= 15 is 0 Å². The Labute approximate surface area is 105 Å². The molecule has 1 rings (SSSR count). The number of hydrogen-bond donors (Lipinski definition) is 1. The average molecular weight is 235 g/mol. The molecule has 2 nitrogen and oxygen atoms in total. The third-order valence-electron chi connectivity index (χ3n) is 2.79. The highest BCUT2D eigenvalue weighted by Crippen LogP contribution is 2.03. The van der Waals surface area contributed by atoms with Gasteiger partial charge >= 0.3 is 0 Å². The lowest BCUT2D eigenvalue weighted by Crippen LogP contribution is -2.27. The number of ether oxygens (including phenoxy) is 1. The van der Waals surface area contributed by atoms with Gasteiger partial charge in [0.2, 0.25) is 0 Å². The zero-order valence-corrected chi connectivity index (χ0v) is 11.1. The fraction of sp³-hybridized carbons (Fsp3) is 0.600. The van der Waals surface area contributed by atoms with Gasteiger partial charge in [-0.25, -0.2) is 0 Å². The van der Waals surface area contributed by atoms with E-state index in [4.69, 9.17) is 4.74 Å². The number of nitrogens with one attached hydrogen (secondary N) is 1. The molecule has 0 amide bonds. The SMILES string of the molecule is CCOC(C)CNCCCCc1ccccc1. The van der Waals surface area contributed by atoms with Gasteiger partial charge in [0.25, 0.3) is 0 Å². The number of benzene rings is 1. The maximum absolute atomic E-state index is 5.46. The summed E-state index contributed by atoms with van der Waals surface area (Å²) in [6, 6.07) is 10.7. The molecule has 0 heterocycles. The first-order chi connectivity index (χ1) is 8.33. The van der Waals surface area contributed by atoms with E-state index in [1.54, 1.807) is 0 Å². The Hall–Kier alpha value is -0.860. The van der Waals surface area contributed by atoms with E-state index in [0.29, 0.717) is 6.10 Å². The Bertz CT molecular complexity index is 274. The molecule has 2 heteroatoms. The molecule has 0 saturated carbocycles. The van der Waals surface area contributed by atoms with Crippen LogP contribution in [0.2, 0.25) is 0 Å². The van der Waals surface area contributed by atoms with Crippen molar-refractivity contribution in [3.05, 3.63) is 35.9 Å². The first kappa shape index (κ1) is 14.2. The van der Waals surface area contributed by atoms with Crippen molar-refractivity contribution in [3.8, 4) is 0 Å². The average Bonchev–Trinajstić information content (AvgIpc) is 2.35. The predicted molar refractivity (Wildman–Crippen MR) is 73.3 cm³/mol. The van der Waals surface area contributed by atoms with E-state index in [1.165, 1.54) is 24.8 Å². The summed E-state index contributed by atoms with van der Waals surface area (Å²) in [6.07, 6.45) is 3.99. The lowest BCUT2D eigenvalue weighted by Gasteiger charge is -2.12. The second-order valence-corrected chi connectivity index (χ2v) is 4.41. The van der Waals surface area contributed by atoms with E-state index in [-0.39, 0.29) is 0 Å². The molecular formula is C15H25NO. The fourth-order valence-corrected chi connectivity index (χ4v) is 1.87. The molecule has 0 radical (unpaired) electrons. The van der Waals surface area contributed by atoms with Crippen molar-refractivity contribution in [2.75, 3.05) is 19.7 Å². The predicted octanol–water partition coefficient (Wildman–Crippen LogP) is 3.02. The summed E-state index contributed by atoms with van der Waals surface area (Å²) in [5.74, 6) is 0. The van der Waals surface area contributed by atoms with Crippen LogP contribution in [0, 0.1) is 0 Å². The molecule has 1 aromatic rings. The largest absolute Gasteiger partial charge is 0.377 e. The number of aryl methyl sites for hydroxylation is 1. The third-order valence-corrected chi connectivity index (χ3v) is 2.79. The Morgan fingerprint density at radius 1 is 1.18 bits per heavy atom. The molecule has 0 aromatic heterocycles. The summed E-state index contributed by atoms with van der Waals surface area (Å²) in [5.41, 5.74) is 1.44. The van der Waals surface area contributed by atoms with Crippen LogP contribution in [-0.4, -0.2) is 25.8 Å². The topological polar surface area (TPSA) is 21.3 Å². The van der Waals surface area contributed by atoms with Crippen LogP contribution < -0.4 is 5.32 Å². The Balaban J connectivity index is 1.95. The molecule has 0 bridgehead atoms. The van der Waals surface area contributed by atoms with Gasteiger partial charge in [0.15, 0.2) is 0 Å². The molecule has 1 aromatic carbocycles. The van der Waals surface area contributed by atoms with Gasteiger partial charge in [0, 0.05) is 13.2 Å². The van der Waals surface area contributed by atoms with Crippen LogP contribution in [-0.2, 0) is 11.2 Å². The third kappa shape index (κ3) is 7.14. The van der Waals surface area contributed by atoms with Crippen molar-refractivity contribution in [1.29, 1.82) is 0 Å². The van der Waals surface area contributed by atoms with E-state index in [9.17, 15) is 0 Å². The fourth-order valence-electron chi connectivity index (χ4n) is 1.87. The summed E-state index contributed by atoms with van der Waals surface area (Å²) in [4.78, 5) is 0. The second-order valence-electron chi connectivity index (χ2n) is 4.41. The monoisotopic (exact) mass is 235 g/mol. The lowest BCUT2D eigenvalue weighted by molar-refractivity contribution is 0.0762. The molecule has 0 aliphatic carbocycles. The van der Waals surface area contributed by atoms with Gasteiger partial charge in [-0.05, 0) is 45.2 Å². The summed E-state index contributed by atoms with van der Waals surface area (Å²) < 4.78 is 5.46. The molecule has 0 fully saturated rings. The second kappa shape index (κ2) is 9.20. The van der Waals surface area contributed by atoms with Gasteiger partial charge in [0.1, 0.15) is 0 Å². The van der Waals surface area contributed by atoms with Gasteiger partial charge in [-0.1, -0.05) is 30.3 Å². The highest BCUT2D eigenvalue weighted by Gasteiger charge is 1.99. The van der Waals surface area contributed by atoms with Gasteiger partial charge in [-0.3, -0.25) is 0 Å². The van der Waals surface area contributed by atoms with E-state index in [0.717, 1.165) is 19.7 Å². The number of hydrogen-bond acceptors (Lipinski definition) is 2. The smallest absolute Gasteiger partial charge is 0.0671 e. The quantitative estimate of drug-likeness (QED) is 0.664. The highest BCUT2D eigenvalue weighted by atomic mass is 16.5. The van der Waals surface area contributed by atoms with Crippen LogP contribution in [0.4, 0.5) is 0 Å². The minimum absolute atomic E-state index is 0.328. The first-order valence-electron chi connectivity index (χ1n) is 6.69. The van der Waals surface area contributed by atoms with Crippen molar-refractivity contribution in [2.45, 2.75) is 39.2 Å². The van der Waals surface area contributed by atoms with Crippen LogP contribution >= 0.6 is 0 Å². The van der Waals surface area contributed by atoms with Crippen molar-refractivity contribution >= 4 is 0 Å². The molecule has 96 valence electrons. The number of rotatable bonds is 9. The van der Waals surface area contributed by atoms with Crippen LogP contribution in [0.15, 0.2) is 30.3 Å². The van der Waals surface area contributed by atoms with Crippen molar-refractivity contribution < 1.29 is 4.74 Å². The first-order valence-corrected chi connectivity index (χ1v) is 6.69. The summed E-state index contributed by atoms with van der Waals surface area (Å²) >= 11 is 0. The molecular weight excluding hydrogens is 210 g/mol. The minimum atomic E-state index is 0.328. The summed E-state index contributed by atoms with van der Waals surface area (Å²) in [6.45, 7) is 7.00. The zero-order valence-electron chi connectivity index (χ0n) is 11.1. The standard InChI is InChI=1S/C15H25NO/c1-3-17-14(2)13-16-12-8-7-11-15-9-5-4-6-10-15/h4-6,9-10,14,16H,3,7-8,11-13H2,1-2H3. The Kier molecular flexibility index (Phi) is 7.69. The molecule has 1 atom stereocenters. The Morgan fingerprint density at radius 2 is 1.94 bits per heavy atom. The molecule has 17 heavy (non-hydrogen) atoms. The van der Waals surface area contributed by atoms with Gasteiger partial charge in [-0.2, -0.15) is 0 Å². The van der Waals surface area contributed by atoms with Crippen LogP contribution in [0.25, 0.3) is 0 Å². The van der Waals surface area contributed by atoms with E-state index < -0.39 is 0 Å². The highest BCUT2D eigenvalue weighted by molar-refractivity contribution is 5.14. The van der Waals surface area contributed by atoms with Crippen molar-refractivity contribution in [1.82, 2.24) is 5.32 Å². The number of unbranched alkanes of at least 4 members (excludes halogenated alkanes) is 1. The Morgan fingerprint density at radius 3 is 2.65 bits per heavy atom. The van der Waals surface area contributed by atoms with Crippen molar-refractivity contribution in [2.24, 2.45) is 0 Å². The maximum Gasteiger partial charge on any atom is 0.0671 e.